The molecule has 1 aromatic carbocycles. The lowest BCUT2D eigenvalue weighted by molar-refractivity contribution is 0.0850. The monoisotopic (exact) mass is 246 g/mol. The van der Waals surface area contributed by atoms with Gasteiger partial charge < -0.3 is 15.4 Å². The Morgan fingerprint density at radius 3 is 3.06 bits per heavy atom. The molecule has 0 bridgehead atoms. The molecule has 0 aromatic heterocycles. The van der Waals surface area contributed by atoms with Crippen LogP contribution in [0.4, 0.5) is 5.69 Å². The molecule has 3 unspecified atom stereocenters. The van der Waals surface area contributed by atoms with E-state index in [-0.39, 0.29) is 0 Å². The van der Waals surface area contributed by atoms with Gasteiger partial charge in [-0.05, 0) is 37.3 Å². The molecule has 1 aliphatic carbocycles. The molecule has 0 spiro atoms. The van der Waals surface area contributed by atoms with Gasteiger partial charge in [0.25, 0.3) is 0 Å². The Hall–Kier alpha value is -1.06. The van der Waals surface area contributed by atoms with Crippen LogP contribution >= 0.6 is 0 Å². The lowest BCUT2D eigenvalue weighted by Gasteiger charge is -2.22. The molecular formula is C15H22N2O. The Labute approximate surface area is 109 Å². The van der Waals surface area contributed by atoms with Crippen LogP contribution < -0.4 is 10.6 Å². The minimum Gasteiger partial charge on any atom is -0.380 e. The Morgan fingerprint density at radius 2 is 2.22 bits per heavy atom. The van der Waals surface area contributed by atoms with E-state index in [4.69, 9.17) is 4.74 Å². The number of hydrogen-bond donors (Lipinski definition) is 2. The second kappa shape index (κ2) is 5.29. The van der Waals surface area contributed by atoms with E-state index in [1.807, 2.05) is 7.11 Å². The number of rotatable bonds is 4. The predicted molar refractivity (Wildman–Crippen MR) is 74.0 cm³/mol. The topological polar surface area (TPSA) is 33.3 Å². The summed E-state index contributed by atoms with van der Waals surface area (Å²) in [6.45, 7) is 1.03. The number of fused-ring (bicyclic) bond motifs is 1. The van der Waals surface area contributed by atoms with Crippen molar-refractivity contribution in [2.75, 3.05) is 19.0 Å². The van der Waals surface area contributed by atoms with Gasteiger partial charge in [-0.3, -0.25) is 0 Å². The fourth-order valence-electron chi connectivity index (χ4n) is 3.23. The van der Waals surface area contributed by atoms with Gasteiger partial charge in [-0.2, -0.15) is 0 Å². The quantitative estimate of drug-likeness (QED) is 0.854. The standard InChI is InChI=1S/C15H22N2O/c1-18-15-8-4-7-14(15)16-10-12-9-11-5-2-3-6-13(11)17-12/h2-3,5-6,12,14-17H,4,7-10H2,1H3. The van der Waals surface area contributed by atoms with Crippen LogP contribution in [0.2, 0.25) is 0 Å². The van der Waals surface area contributed by atoms with Gasteiger partial charge >= 0.3 is 0 Å². The summed E-state index contributed by atoms with van der Waals surface area (Å²) in [4.78, 5) is 0. The summed E-state index contributed by atoms with van der Waals surface area (Å²) in [6.07, 6.45) is 5.28. The van der Waals surface area contributed by atoms with Crippen LogP contribution in [0, 0.1) is 0 Å². The van der Waals surface area contributed by atoms with Crippen LogP contribution in [0.15, 0.2) is 24.3 Å². The molecule has 2 N–H and O–H groups in total. The molecule has 1 heterocycles. The molecule has 98 valence electrons. The van der Waals surface area contributed by atoms with E-state index in [2.05, 4.69) is 34.9 Å². The molecule has 1 saturated carbocycles. The molecule has 3 nitrogen and oxygen atoms in total. The van der Waals surface area contributed by atoms with Crippen LogP contribution in [-0.2, 0) is 11.2 Å². The van der Waals surface area contributed by atoms with Crippen molar-refractivity contribution in [2.24, 2.45) is 0 Å². The van der Waals surface area contributed by atoms with Crippen LogP contribution in [0.5, 0.6) is 0 Å². The molecule has 0 radical (unpaired) electrons. The van der Waals surface area contributed by atoms with E-state index in [0.717, 1.165) is 13.0 Å². The molecule has 2 aliphatic rings. The molecule has 1 aliphatic heterocycles. The second-order valence-electron chi connectivity index (χ2n) is 5.42. The Kier molecular flexibility index (Phi) is 3.52. The van der Waals surface area contributed by atoms with Crippen molar-refractivity contribution >= 4 is 5.69 Å². The molecule has 3 atom stereocenters. The fourth-order valence-corrected chi connectivity index (χ4v) is 3.23. The summed E-state index contributed by atoms with van der Waals surface area (Å²) in [6, 6.07) is 9.67. The first kappa shape index (κ1) is 12.0. The van der Waals surface area contributed by atoms with Gasteiger partial charge in [0.05, 0.1) is 6.10 Å². The lowest BCUT2D eigenvalue weighted by Crippen LogP contribution is -2.42. The normalized spacial score (nSPS) is 30.2. The number of hydrogen-bond acceptors (Lipinski definition) is 3. The van der Waals surface area contributed by atoms with Crippen LogP contribution in [0.1, 0.15) is 24.8 Å². The summed E-state index contributed by atoms with van der Waals surface area (Å²) in [5.74, 6) is 0. The van der Waals surface area contributed by atoms with Gasteiger partial charge in [-0.25, -0.2) is 0 Å². The maximum atomic E-state index is 5.52. The van der Waals surface area contributed by atoms with Gasteiger partial charge in [-0.15, -0.1) is 0 Å². The maximum absolute atomic E-state index is 5.52. The average Bonchev–Trinajstić information content (AvgIpc) is 3.01. The van der Waals surface area contributed by atoms with Gasteiger partial charge in [0.2, 0.25) is 0 Å². The van der Waals surface area contributed by atoms with Gasteiger partial charge in [-0.1, -0.05) is 18.2 Å². The molecule has 0 saturated heterocycles. The summed E-state index contributed by atoms with van der Waals surface area (Å²) < 4.78 is 5.52. The zero-order valence-corrected chi connectivity index (χ0v) is 11.0. The molecule has 18 heavy (non-hydrogen) atoms. The first-order valence-electron chi connectivity index (χ1n) is 6.97. The molecular weight excluding hydrogens is 224 g/mol. The van der Waals surface area contributed by atoms with Crippen LogP contribution in [0.3, 0.4) is 0 Å². The Balaban J connectivity index is 1.51. The highest BCUT2D eigenvalue weighted by Crippen LogP contribution is 2.26. The number of nitrogens with one attached hydrogen (secondary N) is 2. The first-order valence-corrected chi connectivity index (χ1v) is 6.97. The highest BCUT2D eigenvalue weighted by atomic mass is 16.5. The van der Waals surface area contributed by atoms with E-state index in [9.17, 15) is 0 Å². The third kappa shape index (κ3) is 2.38. The van der Waals surface area contributed by atoms with E-state index in [1.165, 1.54) is 30.5 Å². The number of ether oxygens (including phenoxy) is 1. The van der Waals surface area contributed by atoms with Crippen molar-refractivity contribution in [3.63, 3.8) is 0 Å². The zero-order valence-electron chi connectivity index (χ0n) is 11.0. The predicted octanol–water partition coefficient (Wildman–Crippen LogP) is 2.18. The maximum Gasteiger partial charge on any atom is 0.0724 e. The van der Waals surface area contributed by atoms with Crippen molar-refractivity contribution in [2.45, 2.75) is 43.9 Å². The Morgan fingerprint density at radius 1 is 1.33 bits per heavy atom. The highest BCUT2D eigenvalue weighted by molar-refractivity contribution is 5.56. The largest absolute Gasteiger partial charge is 0.380 e. The molecule has 0 amide bonds. The van der Waals surface area contributed by atoms with E-state index < -0.39 is 0 Å². The van der Waals surface area contributed by atoms with Crippen LogP contribution in [-0.4, -0.2) is 31.8 Å². The molecule has 1 fully saturated rings. The number of benzene rings is 1. The lowest BCUT2D eigenvalue weighted by atomic mass is 10.1. The van der Waals surface area contributed by atoms with E-state index in [0.29, 0.717) is 18.2 Å². The average molecular weight is 246 g/mol. The summed E-state index contributed by atoms with van der Waals surface area (Å²) in [5, 5.41) is 7.26. The second-order valence-corrected chi connectivity index (χ2v) is 5.42. The third-order valence-corrected chi connectivity index (χ3v) is 4.23. The van der Waals surface area contributed by atoms with Gasteiger partial charge in [0, 0.05) is 31.4 Å². The van der Waals surface area contributed by atoms with E-state index in [1.54, 1.807) is 0 Å². The number of methoxy groups -OCH3 is 1. The minimum absolute atomic E-state index is 0.411. The van der Waals surface area contributed by atoms with Crippen molar-refractivity contribution in [1.29, 1.82) is 0 Å². The molecule has 3 heteroatoms. The summed E-state index contributed by atoms with van der Waals surface area (Å²) in [5.41, 5.74) is 2.75. The van der Waals surface area contributed by atoms with Gasteiger partial charge in [0.15, 0.2) is 0 Å². The molecule has 1 aromatic rings. The van der Waals surface area contributed by atoms with Crippen molar-refractivity contribution in [3.05, 3.63) is 29.8 Å². The fraction of sp³-hybridized carbons (Fsp3) is 0.600. The van der Waals surface area contributed by atoms with Crippen molar-refractivity contribution in [1.82, 2.24) is 5.32 Å². The SMILES string of the molecule is COC1CCCC1NCC1Cc2ccccc2N1. The minimum atomic E-state index is 0.411. The van der Waals surface area contributed by atoms with Crippen molar-refractivity contribution in [3.8, 4) is 0 Å². The Bertz CT molecular complexity index is 382. The highest BCUT2D eigenvalue weighted by Gasteiger charge is 2.28. The van der Waals surface area contributed by atoms with E-state index >= 15 is 0 Å². The smallest absolute Gasteiger partial charge is 0.0724 e. The van der Waals surface area contributed by atoms with Crippen molar-refractivity contribution < 1.29 is 4.74 Å². The summed E-state index contributed by atoms with van der Waals surface area (Å²) >= 11 is 0. The number of para-hydroxylation sites is 1. The summed E-state index contributed by atoms with van der Waals surface area (Å²) in [7, 11) is 1.83. The van der Waals surface area contributed by atoms with Crippen LogP contribution in [0.25, 0.3) is 0 Å². The number of anilines is 1. The zero-order chi connectivity index (χ0) is 12.4. The molecule has 3 rings (SSSR count). The third-order valence-electron chi connectivity index (χ3n) is 4.23. The first-order chi connectivity index (χ1) is 8.86. The van der Waals surface area contributed by atoms with Gasteiger partial charge in [0.1, 0.15) is 0 Å².